The third kappa shape index (κ3) is 3.47. The van der Waals surface area contributed by atoms with Gasteiger partial charge in [-0.15, -0.1) is 0 Å². The van der Waals surface area contributed by atoms with Crippen LogP contribution in [0.4, 0.5) is 13.2 Å². The van der Waals surface area contributed by atoms with E-state index >= 15 is 0 Å². The maximum Gasteiger partial charge on any atom is 0.130 e. The zero-order valence-corrected chi connectivity index (χ0v) is 15.6. The Morgan fingerprint density at radius 3 is 2.46 bits per heavy atom. The van der Waals surface area contributed by atoms with Gasteiger partial charge in [-0.3, -0.25) is 4.98 Å². The first kappa shape index (κ1) is 18.5. The summed E-state index contributed by atoms with van der Waals surface area (Å²) in [5, 5.41) is 4.66. The van der Waals surface area contributed by atoms with Gasteiger partial charge in [-0.2, -0.15) is 5.10 Å². The van der Waals surface area contributed by atoms with Crippen molar-refractivity contribution in [1.82, 2.24) is 10.4 Å². The molecule has 0 spiro atoms. The minimum absolute atomic E-state index is 0.340. The zero-order valence-electron chi connectivity index (χ0n) is 14.8. The van der Waals surface area contributed by atoms with Crippen molar-refractivity contribution in [3.63, 3.8) is 0 Å². The summed E-state index contributed by atoms with van der Waals surface area (Å²) in [6.07, 6.45) is 0.442. The van der Waals surface area contributed by atoms with Gasteiger partial charge in [0.25, 0.3) is 0 Å². The van der Waals surface area contributed by atoms with Gasteiger partial charge in [-0.1, -0.05) is 17.7 Å². The zero-order chi connectivity index (χ0) is 19.8. The Morgan fingerprint density at radius 1 is 1.04 bits per heavy atom. The van der Waals surface area contributed by atoms with Crippen molar-refractivity contribution in [1.29, 1.82) is 0 Å². The summed E-state index contributed by atoms with van der Waals surface area (Å²) in [5.74, 6) is -1.71. The first-order valence-electron chi connectivity index (χ1n) is 8.63. The lowest BCUT2D eigenvalue weighted by Crippen LogP contribution is -2.12. The molecule has 1 atom stereocenters. The number of aromatic nitrogens is 1. The lowest BCUT2D eigenvalue weighted by atomic mass is 9.97. The molecule has 2 aromatic carbocycles. The summed E-state index contributed by atoms with van der Waals surface area (Å²) < 4.78 is 41.1. The van der Waals surface area contributed by atoms with Gasteiger partial charge in [-0.05, 0) is 43.3 Å². The van der Waals surface area contributed by atoms with E-state index in [0.717, 1.165) is 11.6 Å². The van der Waals surface area contributed by atoms with Gasteiger partial charge in [0.15, 0.2) is 0 Å². The van der Waals surface area contributed by atoms with Crippen LogP contribution in [-0.4, -0.2) is 10.7 Å². The highest BCUT2D eigenvalue weighted by atomic mass is 35.5. The van der Waals surface area contributed by atoms with Crippen LogP contribution in [0.1, 0.15) is 29.3 Å². The average Bonchev–Trinajstić information content (AvgIpc) is 3.10. The molecule has 0 aliphatic carbocycles. The van der Waals surface area contributed by atoms with Crippen molar-refractivity contribution >= 4 is 17.3 Å². The van der Waals surface area contributed by atoms with E-state index < -0.39 is 11.6 Å². The quantitative estimate of drug-likeness (QED) is 0.623. The SMILES string of the molecule is Cc1nc(-c2cc(F)cc(F)c2)ccc1C1=NNC(c2c(F)cccc2Cl)C1. The molecule has 142 valence electrons. The molecule has 0 saturated carbocycles. The van der Waals surface area contributed by atoms with Gasteiger partial charge in [0, 0.05) is 39.9 Å². The van der Waals surface area contributed by atoms with Crippen molar-refractivity contribution in [2.24, 2.45) is 5.10 Å². The van der Waals surface area contributed by atoms with E-state index in [4.69, 9.17) is 11.6 Å². The fourth-order valence-corrected chi connectivity index (χ4v) is 3.64. The lowest BCUT2D eigenvalue weighted by Gasteiger charge is -2.13. The molecule has 0 radical (unpaired) electrons. The molecule has 3 nitrogen and oxygen atoms in total. The van der Waals surface area contributed by atoms with Gasteiger partial charge < -0.3 is 5.43 Å². The number of nitrogens with zero attached hydrogens (tertiary/aromatic N) is 2. The number of hydrogen-bond donors (Lipinski definition) is 1. The predicted molar refractivity (Wildman–Crippen MR) is 103 cm³/mol. The third-order valence-electron chi connectivity index (χ3n) is 4.66. The standard InChI is InChI=1S/C21H15ClF3N3/c1-11-15(5-6-18(26-11)12-7-13(23)9-14(24)8-12)19-10-20(28-27-19)21-16(22)3-2-4-17(21)25/h2-9,20,28H,10H2,1H3. The summed E-state index contributed by atoms with van der Waals surface area (Å²) in [6.45, 7) is 1.79. The van der Waals surface area contributed by atoms with E-state index in [-0.39, 0.29) is 11.9 Å². The maximum atomic E-state index is 14.2. The minimum Gasteiger partial charge on any atom is -0.302 e. The van der Waals surface area contributed by atoms with Crippen molar-refractivity contribution < 1.29 is 13.2 Å². The molecule has 1 aliphatic rings. The predicted octanol–water partition coefficient (Wildman–Crippen LogP) is 5.57. The first-order valence-corrected chi connectivity index (χ1v) is 9.00. The Hall–Kier alpha value is -2.86. The van der Waals surface area contributed by atoms with Crippen LogP contribution in [0, 0.1) is 24.4 Å². The van der Waals surface area contributed by atoms with Crippen molar-refractivity contribution in [2.45, 2.75) is 19.4 Å². The second-order valence-corrected chi connectivity index (χ2v) is 6.97. The molecule has 0 bridgehead atoms. The molecule has 1 aromatic heterocycles. The van der Waals surface area contributed by atoms with Crippen molar-refractivity contribution in [3.05, 3.63) is 87.8 Å². The van der Waals surface area contributed by atoms with Crippen LogP contribution in [0.25, 0.3) is 11.3 Å². The molecule has 3 aromatic rings. The number of nitrogens with one attached hydrogen (secondary N) is 1. The summed E-state index contributed by atoms with van der Waals surface area (Å²) in [7, 11) is 0. The average molecular weight is 402 g/mol. The van der Waals surface area contributed by atoms with Crippen molar-refractivity contribution in [2.75, 3.05) is 0 Å². The molecule has 1 aliphatic heterocycles. The Balaban J connectivity index is 1.61. The van der Waals surface area contributed by atoms with Crippen LogP contribution in [-0.2, 0) is 0 Å². The number of hydrogen-bond acceptors (Lipinski definition) is 3. The molecule has 2 heterocycles. The Kier molecular flexibility index (Phi) is 4.81. The Labute approximate surface area is 164 Å². The minimum atomic E-state index is -0.660. The van der Waals surface area contributed by atoms with Crippen molar-refractivity contribution in [3.8, 4) is 11.3 Å². The summed E-state index contributed by atoms with van der Waals surface area (Å²) in [5.41, 5.74) is 6.27. The molecule has 0 amide bonds. The maximum absolute atomic E-state index is 14.2. The second kappa shape index (κ2) is 7.28. The first-order chi connectivity index (χ1) is 13.4. The van der Waals surface area contributed by atoms with Crippen LogP contribution < -0.4 is 5.43 Å². The topological polar surface area (TPSA) is 37.3 Å². The normalized spacial score (nSPS) is 16.0. The van der Waals surface area contributed by atoms with Gasteiger partial charge in [0.1, 0.15) is 17.5 Å². The van der Waals surface area contributed by atoms with Crippen LogP contribution >= 0.6 is 11.6 Å². The van der Waals surface area contributed by atoms with Gasteiger partial charge >= 0.3 is 0 Å². The second-order valence-electron chi connectivity index (χ2n) is 6.57. The van der Waals surface area contributed by atoms with E-state index in [0.29, 0.717) is 39.7 Å². The third-order valence-corrected chi connectivity index (χ3v) is 4.99. The fourth-order valence-electron chi connectivity index (χ4n) is 3.35. The van der Waals surface area contributed by atoms with E-state index in [1.807, 2.05) is 0 Å². The molecule has 1 unspecified atom stereocenters. The lowest BCUT2D eigenvalue weighted by molar-refractivity contribution is 0.549. The van der Waals surface area contributed by atoms with Gasteiger partial charge in [0.05, 0.1) is 17.4 Å². The molecular weight excluding hydrogens is 387 g/mol. The fraction of sp³-hybridized carbons (Fsp3) is 0.143. The summed E-state index contributed by atoms with van der Waals surface area (Å²) >= 11 is 6.14. The van der Waals surface area contributed by atoms with E-state index in [2.05, 4.69) is 15.5 Å². The molecule has 4 rings (SSSR count). The smallest absolute Gasteiger partial charge is 0.130 e. The number of pyridine rings is 1. The highest BCUT2D eigenvalue weighted by molar-refractivity contribution is 6.31. The van der Waals surface area contributed by atoms with Gasteiger partial charge in [0.2, 0.25) is 0 Å². The molecule has 1 N–H and O–H groups in total. The van der Waals surface area contributed by atoms with E-state index in [9.17, 15) is 13.2 Å². The van der Waals surface area contributed by atoms with E-state index in [1.54, 1.807) is 31.2 Å². The molecule has 0 saturated heterocycles. The summed E-state index contributed by atoms with van der Waals surface area (Å²) in [4.78, 5) is 4.46. The Bertz CT molecular complexity index is 1060. The number of hydrazone groups is 1. The number of rotatable bonds is 3. The van der Waals surface area contributed by atoms with Gasteiger partial charge in [-0.25, -0.2) is 13.2 Å². The number of halogens is 4. The number of benzene rings is 2. The Morgan fingerprint density at radius 2 is 1.79 bits per heavy atom. The summed E-state index contributed by atoms with van der Waals surface area (Å²) in [6, 6.07) is 10.9. The van der Waals surface area contributed by atoms with Crippen LogP contribution in [0.2, 0.25) is 5.02 Å². The number of aryl methyl sites for hydroxylation is 1. The monoisotopic (exact) mass is 401 g/mol. The van der Waals surface area contributed by atoms with Crippen LogP contribution in [0.5, 0.6) is 0 Å². The highest BCUT2D eigenvalue weighted by Crippen LogP contribution is 2.32. The highest BCUT2D eigenvalue weighted by Gasteiger charge is 2.26. The van der Waals surface area contributed by atoms with Crippen LogP contribution in [0.3, 0.4) is 0 Å². The largest absolute Gasteiger partial charge is 0.302 e. The van der Waals surface area contributed by atoms with E-state index in [1.165, 1.54) is 18.2 Å². The molecule has 7 heteroatoms. The molecule has 28 heavy (non-hydrogen) atoms. The van der Waals surface area contributed by atoms with Crippen LogP contribution in [0.15, 0.2) is 53.6 Å². The molecule has 0 fully saturated rings. The molecular formula is C21H15ClF3N3.